The Morgan fingerprint density at radius 2 is 1.82 bits per heavy atom. The van der Waals surface area contributed by atoms with Gasteiger partial charge in [-0.25, -0.2) is 0 Å². The van der Waals surface area contributed by atoms with Crippen LogP contribution in [0.5, 0.6) is 5.75 Å². The van der Waals surface area contributed by atoms with Gasteiger partial charge in [0.05, 0.1) is 5.56 Å². The summed E-state index contributed by atoms with van der Waals surface area (Å²) in [5.41, 5.74) is 1.11. The van der Waals surface area contributed by atoms with E-state index in [1.54, 1.807) is 6.07 Å². The molecule has 0 unspecified atom stereocenters. The van der Waals surface area contributed by atoms with Crippen molar-refractivity contribution in [2.45, 2.75) is 13.0 Å². The van der Waals surface area contributed by atoms with Crippen LogP contribution in [-0.4, -0.2) is 26.9 Å². The van der Waals surface area contributed by atoms with Crippen molar-refractivity contribution in [1.82, 2.24) is 15.2 Å². The highest BCUT2D eigenvalue weighted by Crippen LogP contribution is 2.26. The number of Topliss-reactive ketones (excluding diaryl/α,β-unsaturated/α-hetero) is 1. The summed E-state index contributed by atoms with van der Waals surface area (Å²) < 4.78 is 5.80. The van der Waals surface area contributed by atoms with Gasteiger partial charge in [-0.2, -0.15) is 0 Å². The molecule has 0 aliphatic heterocycles. The Morgan fingerprint density at radius 3 is 2.64 bits per heavy atom. The first-order valence-electron chi connectivity index (χ1n) is 8.58. The maximum Gasteiger partial charge on any atom is 0.298 e. The zero-order valence-electron chi connectivity index (χ0n) is 14.9. The van der Waals surface area contributed by atoms with Gasteiger partial charge in [0.1, 0.15) is 11.9 Å². The molecule has 0 radical (unpaired) electrons. The molecule has 28 heavy (non-hydrogen) atoms. The SMILES string of the molecule is C[C@H](Oc1ccccc1)c1nnc(NC(=O)C(=O)c2c[nH]c3ccccc23)s1. The topological polar surface area (TPSA) is 97.0 Å². The second-order valence-corrected chi connectivity index (χ2v) is 7.06. The Labute approximate surface area is 164 Å². The van der Waals surface area contributed by atoms with Crippen molar-refractivity contribution in [2.75, 3.05) is 5.32 Å². The third-order valence-corrected chi connectivity index (χ3v) is 5.10. The Balaban J connectivity index is 1.44. The lowest BCUT2D eigenvalue weighted by atomic mass is 10.1. The van der Waals surface area contributed by atoms with Crippen molar-refractivity contribution < 1.29 is 14.3 Å². The molecule has 1 atom stereocenters. The van der Waals surface area contributed by atoms with Crippen molar-refractivity contribution in [3.05, 3.63) is 71.4 Å². The number of benzene rings is 2. The van der Waals surface area contributed by atoms with Gasteiger partial charge in [-0.05, 0) is 25.1 Å². The number of para-hydroxylation sites is 2. The van der Waals surface area contributed by atoms with E-state index in [-0.39, 0.29) is 11.2 Å². The standard InChI is InChI=1S/C20H16N4O3S/c1-12(27-13-7-3-2-4-8-13)19-23-24-20(28-19)22-18(26)17(25)15-11-21-16-10-6-5-9-14(15)16/h2-12,21H,1H3,(H,22,24,26)/t12-/m0/s1. The Hall–Kier alpha value is -3.52. The number of aromatic nitrogens is 3. The third-order valence-electron chi connectivity index (χ3n) is 4.11. The molecule has 2 aromatic heterocycles. The number of aromatic amines is 1. The minimum atomic E-state index is -0.760. The van der Waals surface area contributed by atoms with E-state index in [0.29, 0.717) is 21.7 Å². The molecule has 2 heterocycles. The van der Waals surface area contributed by atoms with E-state index in [1.165, 1.54) is 17.5 Å². The van der Waals surface area contributed by atoms with Crippen LogP contribution in [0, 0.1) is 0 Å². The molecule has 2 aromatic carbocycles. The summed E-state index contributed by atoms with van der Waals surface area (Å²) in [5, 5.41) is 12.1. The van der Waals surface area contributed by atoms with Gasteiger partial charge in [-0.15, -0.1) is 10.2 Å². The van der Waals surface area contributed by atoms with Crippen molar-refractivity contribution in [3.8, 4) is 5.75 Å². The van der Waals surface area contributed by atoms with Crippen LogP contribution in [0.1, 0.15) is 28.4 Å². The van der Waals surface area contributed by atoms with Crippen LogP contribution in [0.25, 0.3) is 10.9 Å². The molecule has 140 valence electrons. The lowest BCUT2D eigenvalue weighted by Gasteiger charge is -2.10. The number of rotatable bonds is 6. The molecule has 1 amide bonds. The fourth-order valence-electron chi connectivity index (χ4n) is 2.74. The van der Waals surface area contributed by atoms with Crippen molar-refractivity contribution in [1.29, 1.82) is 0 Å². The van der Waals surface area contributed by atoms with Gasteiger partial charge in [0.2, 0.25) is 5.13 Å². The summed E-state index contributed by atoms with van der Waals surface area (Å²) in [7, 11) is 0. The lowest BCUT2D eigenvalue weighted by Crippen LogP contribution is -2.22. The zero-order valence-corrected chi connectivity index (χ0v) is 15.7. The number of carbonyl (C=O) groups is 2. The molecule has 0 spiro atoms. The molecular formula is C20H16N4O3S. The number of ether oxygens (including phenoxy) is 1. The van der Waals surface area contributed by atoms with Crippen molar-refractivity contribution >= 4 is 39.1 Å². The fourth-order valence-corrected chi connectivity index (χ4v) is 3.46. The molecule has 0 bridgehead atoms. The number of amides is 1. The largest absolute Gasteiger partial charge is 0.483 e. The number of nitrogens with zero attached hydrogens (tertiary/aromatic N) is 2. The monoisotopic (exact) mass is 392 g/mol. The van der Waals surface area contributed by atoms with Gasteiger partial charge in [0, 0.05) is 17.1 Å². The Kier molecular flexibility index (Phi) is 4.86. The molecule has 2 N–H and O–H groups in total. The summed E-state index contributed by atoms with van der Waals surface area (Å²) in [4.78, 5) is 27.9. The van der Waals surface area contributed by atoms with Gasteiger partial charge >= 0.3 is 0 Å². The maximum atomic E-state index is 12.5. The molecule has 0 aliphatic rings. The first-order valence-corrected chi connectivity index (χ1v) is 9.40. The van der Waals surface area contributed by atoms with Crippen LogP contribution in [-0.2, 0) is 4.79 Å². The number of hydrogen-bond acceptors (Lipinski definition) is 6. The number of ketones is 1. The Bertz CT molecular complexity index is 1140. The van der Waals surface area contributed by atoms with Crippen LogP contribution < -0.4 is 10.1 Å². The number of H-pyrrole nitrogens is 1. The molecule has 8 heteroatoms. The van der Waals surface area contributed by atoms with Crippen LogP contribution in [0.15, 0.2) is 60.8 Å². The summed E-state index contributed by atoms with van der Waals surface area (Å²) in [5.74, 6) is -0.683. The highest BCUT2D eigenvalue weighted by Gasteiger charge is 2.22. The predicted molar refractivity (Wildman–Crippen MR) is 107 cm³/mol. The molecule has 4 aromatic rings. The summed E-state index contributed by atoms with van der Waals surface area (Å²) in [6, 6.07) is 16.7. The summed E-state index contributed by atoms with van der Waals surface area (Å²) in [6.45, 7) is 1.84. The van der Waals surface area contributed by atoms with E-state index in [9.17, 15) is 9.59 Å². The van der Waals surface area contributed by atoms with Crippen LogP contribution in [0.3, 0.4) is 0 Å². The van der Waals surface area contributed by atoms with Gasteiger partial charge in [-0.1, -0.05) is 47.7 Å². The van der Waals surface area contributed by atoms with E-state index in [0.717, 1.165) is 5.52 Å². The summed E-state index contributed by atoms with van der Waals surface area (Å²) in [6.07, 6.45) is 1.20. The van der Waals surface area contributed by atoms with E-state index < -0.39 is 11.7 Å². The van der Waals surface area contributed by atoms with E-state index in [4.69, 9.17) is 4.74 Å². The van der Waals surface area contributed by atoms with Gasteiger partial charge in [0.15, 0.2) is 5.01 Å². The highest BCUT2D eigenvalue weighted by molar-refractivity contribution is 7.15. The first-order chi connectivity index (χ1) is 13.6. The number of anilines is 1. The molecule has 0 saturated heterocycles. The molecule has 7 nitrogen and oxygen atoms in total. The van der Waals surface area contributed by atoms with Gasteiger partial charge in [-0.3, -0.25) is 14.9 Å². The number of hydrogen-bond donors (Lipinski definition) is 2. The highest BCUT2D eigenvalue weighted by atomic mass is 32.1. The second-order valence-electron chi connectivity index (χ2n) is 6.05. The molecular weight excluding hydrogens is 376 g/mol. The number of fused-ring (bicyclic) bond motifs is 1. The fraction of sp³-hybridized carbons (Fsp3) is 0.100. The normalized spacial score (nSPS) is 11.9. The average Bonchev–Trinajstić information content (AvgIpc) is 3.35. The first kappa shape index (κ1) is 17.9. The smallest absolute Gasteiger partial charge is 0.298 e. The summed E-state index contributed by atoms with van der Waals surface area (Å²) >= 11 is 1.17. The predicted octanol–water partition coefficient (Wildman–Crippen LogP) is 3.98. The van der Waals surface area contributed by atoms with Crippen molar-refractivity contribution in [3.63, 3.8) is 0 Å². The number of carbonyl (C=O) groups excluding carboxylic acids is 2. The van der Waals surface area contributed by atoms with E-state index >= 15 is 0 Å². The van der Waals surface area contributed by atoms with Gasteiger partial charge in [0.25, 0.3) is 11.7 Å². The lowest BCUT2D eigenvalue weighted by molar-refractivity contribution is -0.112. The van der Waals surface area contributed by atoms with E-state index in [2.05, 4.69) is 20.5 Å². The van der Waals surface area contributed by atoms with E-state index in [1.807, 2.05) is 55.5 Å². The van der Waals surface area contributed by atoms with Gasteiger partial charge < -0.3 is 9.72 Å². The van der Waals surface area contributed by atoms with Crippen LogP contribution in [0.2, 0.25) is 0 Å². The minimum absolute atomic E-state index is 0.247. The Morgan fingerprint density at radius 1 is 1.07 bits per heavy atom. The molecule has 0 fully saturated rings. The van der Waals surface area contributed by atoms with Crippen LogP contribution in [0.4, 0.5) is 5.13 Å². The molecule has 4 rings (SSSR count). The third kappa shape index (κ3) is 3.63. The molecule has 0 aliphatic carbocycles. The minimum Gasteiger partial charge on any atom is -0.483 e. The van der Waals surface area contributed by atoms with Crippen molar-refractivity contribution in [2.24, 2.45) is 0 Å². The van der Waals surface area contributed by atoms with Crippen LogP contribution >= 0.6 is 11.3 Å². The molecule has 0 saturated carbocycles. The maximum absolute atomic E-state index is 12.5. The zero-order chi connectivity index (χ0) is 19.5. The number of nitrogens with one attached hydrogen (secondary N) is 2. The second kappa shape index (κ2) is 7.61. The average molecular weight is 392 g/mol. The quantitative estimate of drug-likeness (QED) is 0.382.